The maximum absolute atomic E-state index is 13.0. The summed E-state index contributed by atoms with van der Waals surface area (Å²) in [7, 11) is 0.537. The Morgan fingerprint density at radius 3 is 2.29 bits per heavy atom. The van der Waals surface area contributed by atoms with Crippen molar-refractivity contribution in [2.24, 2.45) is 0 Å². The van der Waals surface area contributed by atoms with E-state index < -0.39 is 10.0 Å². The zero-order valence-electron chi connectivity index (χ0n) is 17.9. The molecule has 1 fully saturated rings. The molecule has 3 rings (SSSR count). The zero-order valence-corrected chi connectivity index (χ0v) is 18.7. The van der Waals surface area contributed by atoms with E-state index in [1.165, 1.54) is 33.3 Å². The molecule has 1 aliphatic rings. The third-order valence-corrected chi connectivity index (χ3v) is 7.15. The number of amides is 1. The Balaban J connectivity index is 1.68. The summed E-state index contributed by atoms with van der Waals surface area (Å²) in [5.41, 5.74) is 2.07. The highest BCUT2D eigenvalue weighted by Crippen LogP contribution is 2.27. The van der Waals surface area contributed by atoms with Crippen molar-refractivity contribution in [3.63, 3.8) is 0 Å². The molecule has 164 valence electrons. The first-order valence-corrected chi connectivity index (χ1v) is 11.3. The Morgan fingerprint density at radius 2 is 1.74 bits per heavy atom. The fraction of sp³-hybridized carbons (Fsp3) is 0.364. The van der Waals surface area contributed by atoms with E-state index in [1.807, 2.05) is 12.1 Å². The Bertz CT molecular complexity index is 1080. The zero-order chi connectivity index (χ0) is 22.6. The van der Waals surface area contributed by atoms with E-state index in [1.54, 1.807) is 23.1 Å². The molecule has 0 saturated carbocycles. The Labute approximate surface area is 183 Å². The van der Waals surface area contributed by atoms with E-state index in [0.29, 0.717) is 37.3 Å². The number of ether oxygens (including phenoxy) is 1. The summed E-state index contributed by atoms with van der Waals surface area (Å²) in [5.74, 6) is 0.00775. The van der Waals surface area contributed by atoms with E-state index >= 15 is 0 Å². The summed E-state index contributed by atoms with van der Waals surface area (Å²) in [5, 5.41) is 8.90. The minimum atomic E-state index is -3.75. The molecule has 31 heavy (non-hydrogen) atoms. The molecule has 1 heterocycles. The Morgan fingerprint density at radius 1 is 1.10 bits per heavy atom. The quantitative estimate of drug-likeness (QED) is 0.677. The fourth-order valence-corrected chi connectivity index (χ4v) is 4.52. The van der Waals surface area contributed by atoms with Gasteiger partial charge in [-0.2, -0.15) is 5.26 Å². The van der Waals surface area contributed by atoms with Crippen molar-refractivity contribution in [2.45, 2.75) is 11.4 Å². The monoisotopic (exact) mass is 442 g/mol. The number of rotatable bonds is 6. The van der Waals surface area contributed by atoms with Gasteiger partial charge in [0, 0.05) is 52.4 Å². The molecule has 2 aromatic carbocycles. The predicted octanol–water partition coefficient (Wildman–Crippen LogP) is 1.78. The number of benzene rings is 2. The number of sulfonamides is 1. The van der Waals surface area contributed by atoms with Crippen LogP contribution in [0.2, 0.25) is 0 Å². The molecule has 0 atom stereocenters. The summed E-state index contributed by atoms with van der Waals surface area (Å²) in [6.07, 6.45) is 0. The third kappa shape index (κ3) is 5.05. The van der Waals surface area contributed by atoms with Crippen LogP contribution in [-0.2, 0) is 16.6 Å². The van der Waals surface area contributed by atoms with Crippen LogP contribution < -0.4 is 4.74 Å². The molecule has 9 heteroatoms. The van der Waals surface area contributed by atoms with Gasteiger partial charge in [0.25, 0.3) is 5.91 Å². The van der Waals surface area contributed by atoms with Crippen molar-refractivity contribution < 1.29 is 17.9 Å². The highest BCUT2D eigenvalue weighted by molar-refractivity contribution is 7.89. The van der Waals surface area contributed by atoms with Crippen LogP contribution in [0.25, 0.3) is 0 Å². The van der Waals surface area contributed by atoms with E-state index in [2.05, 4.69) is 11.0 Å². The van der Waals surface area contributed by atoms with Gasteiger partial charge in [-0.1, -0.05) is 12.1 Å². The SMILES string of the molecule is COc1ccc(C(=O)N2CCN(Cc3ccc(C#N)cc3)CC2)cc1S(=O)(=O)N(C)C. The van der Waals surface area contributed by atoms with Gasteiger partial charge in [-0.05, 0) is 35.9 Å². The second-order valence-corrected chi connectivity index (χ2v) is 9.65. The van der Waals surface area contributed by atoms with E-state index in [4.69, 9.17) is 10.00 Å². The molecule has 2 aromatic rings. The molecule has 1 saturated heterocycles. The number of carbonyl (C=O) groups is 1. The van der Waals surface area contributed by atoms with Crippen molar-refractivity contribution in [1.82, 2.24) is 14.1 Å². The van der Waals surface area contributed by atoms with Crippen LogP contribution in [0.4, 0.5) is 0 Å². The van der Waals surface area contributed by atoms with Crippen LogP contribution >= 0.6 is 0 Å². The summed E-state index contributed by atoms with van der Waals surface area (Å²) in [6.45, 7) is 3.28. The molecule has 0 N–H and O–H groups in total. The van der Waals surface area contributed by atoms with Crippen LogP contribution in [0.1, 0.15) is 21.5 Å². The maximum Gasteiger partial charge on any atom is 0.253 e. The first kappa shape index (κ1) is 22.7. The smallest absolute Gasteiger partial charge is 0.253 e. The minimum absolute atomic E-state index is 0.0229. The van der Waals surface area contributed by atoms with Crippen LogP contribution in [0.5, 0.6) is 5.75 Å². The lowest BCUT2D eigenvalue weighted by Gasteiger charge is -2.35. The van der Waals surface area contributed by atoms with Crippen LogP contribution in [0.15, 0.2) is 47.4 Å². The Hall–Kier alpha value is -2.93. The molecule has 0 bridgehead atoms. The average Bonchev–Trinajstić information content (AvgIpc) is 2.79. The number of nitrogens with zero attached hydrogens (tertiary/aromatic N) is 4. The molecule has 0 aromatic heterocycles. The number of hydrogen-bond donors (Lipinski definition) is 0. The summed E-state index contributed by atoms with van der Waals surface area (Å²) in [6, 6.07) is 14.1. The second kappa shape index (κ2) is 9.47. The molecule has 8 nitrogen and oxygen atoms in total. The van der Waals surface area contributed by atoms with Crippen LogP contribution in [0, 0.1) is 11.3 Å². The van der Waals surface area contributed by atoms with Gasteiger partial charge in [-0.3, -0.25) is 9.69 Å². The van der Waals surface area contributed by atoms with Gasteiger partial charge >= 0.3 is 0 Å². The van der Waals surface area contributed by atoms with E-state index in [-0.39, 0.29) is 16.6 Å². The number of piperazine rings is 1. The van der Waals surface area contributed by atoms with Gasteiger partial charge in [0.2, 0.25) is 10.0 Å². The van der Waals surface area contributed by atoms with Gasteiger partial charge in [0.05, 0.1) is 18.7 Å². The molecule has 1 amide bonds. The fourth-order valence-electron chi connectivity index (χ4n) is 3.44. The van der Waals surface area contributed by atoms with Crippen LogP contribution in [-0.4, -0.2) is 75.8 Å². The standard InChI is InChI=1S/C22H26N4O4S/c1-24(2)31(28,29)21-14-19(8-9-20(21)30-3)22(27)26-12-10-25(11-13-26)16-18-6-4-17(15-23)5-7-18/h4-9,14H,10-13,16H2,1-3H3. The maximum atomic E-state index is 13.0. The molecular formula is C22H26N4O4S. The minimum Gasteiger partial charge on any atom is -0.495 e. The molecule has 0 unspecified atom stereocenters. The number of hydrogen-bond acceptors (Lipinski definition) is 6. The molecule has 1 aliphatic heterocycles. The first-order valence-electron chi connectivity index (χ1n) is 9.87. The highest BCUT2D eigenvalue weighted by Gasteiger charge is 2.27. The van der Waals surface area contributed by atoms with Crippen molar-refractivity contribution in [3.8, 4) is 11.8 Å². The van der Waals surface area contributed by atoms with Crippen molar-refractivity contribution in [3.05, 3.63) is 59.2 Å². The van der Waals surface area contributed by atoms with Crippen molar-refractivity contribution in [1.29, 1.82) is 5.26 Å². The first-order chi connectivity index (χ1) is 14.8. The van der Waals surface area contributed by atoms with Gasteiger partial charge in [0.1, 0.15) is 10.6 Å². The van der Waals surface area contributed by atoms with E-state index in [0.717, 1.165) is 16.4 Å². The normalized spacial score (nSPS) is 15.0. The topological polar surface area (TPSA) is 94.0 Å². The number of nitriles is 1. The highest BCUT2D eigenvalue weighted by atomic mass is 32.2. The summed E-state index contributed by atoms with van der Waals surface area (Å²) >= 11 is 0. The van der Waals surface area contributed by atoms with Gasteiger partial charge in [-0.25, -0.2) is 12.7 Å². The summed E-state index contributed by atoms with van der Waals surface area (Å²) < 4.78 is 31.5. The van der Waals surface area contributed by atoms with Crippen molar-refractivity contribution in [2.75, 3.05) is 47.4 Å². The molecule has 0 spiro atoms. The third-order valence-electron chi connectivity index (χ3n) is 5.32. The molecule has 0 radical (unpaired) electrons. The molecule has 0 aliphatic carbocycles. The predicted molar refractivity (Wildman–Crippen MR) is 116 cm³/mol. The molecular weight excluding hydrogens is 416 g/mol. The number of methoxy groups -OCH3 is 1. The Kier molecular flexibility index (Phi) is 6.95. The lowest BCUT2D eigenvalue weighted by Crippen LogP contribution is -2.48. The van der Waals surface area contributed by atoms with Gasteiger partial charge in [0.15, 0.2) is 0 Å². The second-order valence-electron chi connectivity index (χ2n) is 7.53. The summed E-state index contributed by atoms with van der Waals surface area (Å²) in [4.78, 5) is 17.0. The van der Waals surface area contributed by atoms with E-state index in [9.17, 15) is 13.2 Å². The number of carbonyl (C=O) groups excluding carboxylic acids is 1. The van der Waals surface area contributed by atoms with Crippen molar-refractivity contribution >= 4 is 15.9 Å². The van der Waals surface area contributed by atoms with Gasteiger partial charge in [-0.15, -0.1) is 0 Å². The lowest BCUT2D eigenvalue weighted by molar-refractivity contribution is 0.0628. The lowest BCUT2D eigenvalue weighted by atomic mass is 10.1. The van der Waals surface area contributed by atoms with Gasteiger partial charge < -0.3 is 9.64 Å². The van der Waals surface area contributed by atoms with Crippen LogP contribution in [0.3, 0.4) is 0 Å². The largest absolute Gasteiger partial charge is 0.495 e. The average molecular weight is 443 g/mol.